The second-order valence-electron chi connectivity index (χ2n) is 3.68. The Morgan fingerprint density at radius 1 is 1.33 bits per heavy atom. The molecular formula is C6H9BF3KN2O2. The van der Waals surface area contributed by atoms with Crippen LogP contribution in [0.3, 0.4) is 0 Å². The molecule has 1 aliphatic heterocycles. The smallest absolute Gasteiger partial charge is 0.448 e. The fraction of sp³-hybridized carbons (Fsp3) is 0.667. The van der Waals surface area contributed by atoms with Gasteiger partial charge in [-0.2, -0.15) is 0 Å². The van der Waals surface area contributed by atoms with Gasteiger partial charge in [-0.1, -0.05) is 0 Å². The molecule has 9 heteroatoms. The van der Waals surface area contributed by atoms with Gasteiger partial charge in [-0.3, -0.25) is 9.69 Å². The number of rotatable bonds is 2. The van der Waals surface area contributed by atoms with E-state index in [9.17, 15) is 22.5 Å². The Kier molecular flexibility index (Phi) is 4.88. The summed E-state index contributed by atoms with van der Waals surface area (Å²) in [5, 5.41) is 2.16. The molecule has 1 saturated heterocycles. The van der Waals surface area contributed by atoms with Crippen LogP contribution in [0.15, 0.2) is 0 Å². The second kappa shape index (κ2) is 4.74. The zero-order valence-electron chi connectivity index (χ0n) is 8.68. The van der Waals surface area contributed by atoms with Crippen molar-refractivity contribution >= 4 is 18.9 Å². The molecule has 0 aromatic rings. The zero-order valence-corrected chi connectivity index (χ0v) is 11.8. The van der Waals surface area contributed by atoms with Gasteiger partial charge in [0.05, 0.1) is 0 Å². The molecule has 0 aliphatic carbocycles. The Morgan fingerprint density at radius 2 is 1.80 bits per heavy atom. The summed E-state index contributed by atoms with van der Waals surface area (Å²) in [6.07, 6.45) is -1.48. The van der Waals surface area contributed by atoms with Crippen LogP contribution in [0, 0.1) is 0 Å². The topological polar surface area (TPSA) is 49.4 Å². The summed E-state index contributed by atoms with van der Waals surface area (Å²) in [6.45, 7) is -2.46. The van der Waals surface area contributed by atoms with Crippen LogP contribution in [0.1, 0.15) is 13.8 Å². The van der Waals surface area contributed by atoms with Crippen molar-refractivity contribution in [3.8, 4) is 0 Å². The van der Waals surface area contributed by atoms with E-state index >= 15 is 0 Å². The predicted molar refractivity (Wildman–Crippen MR) is 43.4 cm³/mol. The minimum Gasteiger partial charge on any atom is -0.448 e. The average Bonchev–Trinajstić information content (AvgIpc) is 2.10. The first-order valence-corrected chi connectivity index (χ1v) is 3.98. The Balaban J connectivity index is 0.00000196. The second-order valence-corrected chi connectivity index (χ2v) is 3.68. The van der Waals surface area contributed by atoms with Gasteiger partial charge in [0.25, 0.3) is 5.91 Å². The first-order valence-electron chi connectivity index (χ1n) is 3.98. The molecule has 1 N–H and O–H groups in total. The summed E-state index contributed by atoms with van der Waals surface area (Å²) in [5.74, 6) is -0.846. The minimum absolute atomic E-state index is 0. The predicted octanol–water partition coefficient (Wildman–Crippen LogP) is -2.29. The summed E-state index contributed by atoms with van der Waals surface area (Å²) in [7, 11) is 0. The third kappa shape index (κ3) is 3.74. The van der Waals surface area contributed by atoms with Gasteiger partial charge in [0, 0.05) is 6.44 Å². The number of amides is 3. The Morgan fingerprint density at radius 3 is 2.07 bits per heavy atom. The van der Waals surface area contributed by atoms with Crippen LogP contribution in [0.4, 0.5) is 17.7 Å². The number of nitrogens with zero attached hydrogens (tertiary/aromatic N) is 1. The number of halogens is 3. The maximum absolute atomic E-state index is 12.0. The van der Waals surface area contributed by atoms with Gasteiger partial charge in [0.1, 0.15) is 5.54 Å². The van der Waals surface area contributed by atoms with Gasteiger partial charge < -0.3 is 18.3 Å². The van der Waals surface area contributed by atoms with Crippen molar-refractivity contribution in [1.29, 1.82) is 0 Å². The number of hydrogen-bond donors (Lipinski definition) is 1. The quantitative estimate of drug-likeness (QED) is 0.441. The monoisotopic (exact) mass is 248 g/mol. The normalized spacial score (nSPS) is 19.9. The van der Waals surface area contributed by atoms with Crippen LogP contribution in [0.2, 0.25) is 0 Å². The summed E-state index contributed by atoms with van der Waals surface area (Å²) >= 11 is 0. The Labute approximate surface area is 127 Å². The van der Waals surface area contributed by atoms with Gasteiger partial charge >= 0.3 is 64.4 Å². The average molecular weight is 248 g/mol. The molecule has 4 nitrogen and oxygen atoms in total. The standard InChI is InChI=1S/C6H9BF3N2O2.K/c1-6(2)4(13)12(5(14)11-6)3-7(8,9)10;/h3H2,1-2H3,(H,11,14);/q-1;+1. The molecule has 80 valence electrons. The fourth-order valence-electron chi connectivity index (χ4n) is 1.19. The van der Waals surface area contributed by atoms with Gasteiger partial charge in [-0.15, -0.1) is 0 Å². The van der Waals surface area contributed by atoms with Crippen molar-refractivity contribution < 1.29 is 73.9 Å². The molecule has 3 amide bonds. The van der Waals surface area contributed by atoms with Crippen molar-refractivity contribution in [1.82, 2.24) is 10.2 Å². The van der Waals surface area contributed by atoms with Gasteiger partial charge in [0.2, 0.25) is 0 Å². The fourth-order valence-corrected chi connectivity index (χ4v) is 1.19. The molecular weight excluding hydrogens is 239 g/mol. The summed E-state index contributed by atoms with van der Waals surface area (Å²) in [5.41, 5.74) is -1.24. The molecule has 1 rings (SSSR count). The van der Waals surface area contributed by atoms with E-state index in [0.717, 1.165) is 0 Å². The zero-order chi connectivity index (χ0) is 11.1. The van der Waals surface area contributed by atoms with E-state index in [1.807, 2.05) is 0 Å². The first kappa shape index (κ1) is 15.4. The van der Waals surface area contributed by atoms with Crippen molar-refractivity contribution in [3.05, 3.63) is 0 Å². The maximum Gasteiger partial charge on any atom is 1.00 e. The molecule has 0 bridgehead atoms. The molecule has 0 aromatic carbocycles. The number of carbonyl (C=O) groups excluding carboxylic acids is 2. The van der Waals surface area contributed by atoms with Gasteiger partial charge in [-0.05, 0) is 13.8 Å². The van der Waals surface area contributed by atoms with Crippen molar-refractivity contribution in [2.45, 2.75) is 19.4 Å². The third-order valence-electron chi connectivity index (χ3n) is 1.83. The van der Waals surface area contributed by atoms with Crippen LogP contribution in [0.5, 0.6) is 0 Å². The minimum atomic E-state index is -5.18. The Hall–Kier alpha value is 0.431. The molecule has 0 unspecified atom stereocenters. The molecule has 0 aromatic heterocycles. The van der Waals surface area contributed by atoms with Gasteiger partial charge in [0.15, 0.2) is 0 Å². The molecule has 1 heterocycles. The van der Waals surface area contributed by atoms with Crippen LogP contribution < -0.4 is 56.7 Å². The summed E-state index contributed by atoms with van der Waals surface area (Å²) < 4.78 is 36.0. The van der Waals surface area contributed by atoms with Gasteiger partial charge in [-0.25, -0.2) is 4.79 Å². The van der Waals surface area contributed by atoms with Crippen LogP contribution in [0.25, 0.3) is 0 Å². The van der Waals surface area contributed by atoms with E-state index in [1.54, 1.807) is 0 Å². The summed E-state index contributed by atoms with van der Waals surface area (Å²) in [4.78, 5) is 22.4. The molecule has 0 saturated carbocycles. The van der Waals surface area contributed by atoms with E-state index < -0.39 is 30.9 Å². The number of carbonyl (C=O) groups is 2. The number of hydrogen-bond acceptors (Lipinski definition) is 2. The summed E-state index contributed by atoms with van der Waals surface area (Å²) in [6, 6.07) is -0.987. The molecule has 1 fully saturated rings. The van der Waals surface area contributed by atoms with E-state index in [0.29, 0.717) is 0 Å². The van der Waals surface area contributed by atoms with E-state index in [2.05, 4.69) is 5.32 Å². The number of nitrogens with one attached hydrogen (secondary N) is 1. The van der Waals surface area contributed by atoms with Crippen LogP contribution in [-0.4, -0.2) is 35.8 Å². The molecule has 0 radical (unpaired) electrons. The number of imide groups is 1. The van der Waals surface area contributed by atoms with Crippen molar-refractivity contribution in [2.24, 2.45) is 0 Å². The maximum atomic E-state index is 12.0. The van der Waals surface area contributed by atoms with Crippen LogP contribution >= 0.6 is 0 Å². The largest absolute Gasteiger partial charge is 1.00 e. The van der Waals surface area contributed by atoms with Crippen molar-refractivity contribution in [2.75, 3.05) is 6.44 Å². The Bertz CT molecular complexity index is 295. The number of urea groups is 1. The third-order valence-corrected chi connectivity index (χ3v) is 1.83. The SMILES string of the molecule is CC1(C)NC(=O)N(C[B-](F)(F)F)C1=O.[K+]. The first-order chi connectivity index (χ1) is 6.13. The molecule has 0 spiro atoms. The van der Waals surface area contributed by atoms with E-state index in [1.165, 1.54) is 13.8 Å². The van der Waals surface area contributed by atoms with E-state index in [4.69, 9.17) is 0 Å². The van der Waals surface area contributed by atoms with E-state index in [-0.39, 0.29) is 56.3 Å². The van der Waals surface area contributed by atoms with Crippen LogP contribution in [-0.2, 0) is 4.79 Å². The molecule has 1 aliphatic rings. The van der Waals surface area contributed by atoms with Crippen molar-refractivity contribution in [3.63, 3.8) is 0 Å². The molecule has 15 heavy (non-hydrogen) atoms. The molecule has 0 atom stereocenters.